The first-order chi connectivity index (χ1) is 17.4. The highest BCUT2D eigenvalue weighted by atomic mass is 35.5. The van der Waals surface area contributed by atoms with Crippen molar-refractivity contribution in [3.8, 4) is 22.6 Å². The monoisotopic (exact) mass is 509 g/mol. The van der Waals surface area contributed by atoms with Gasteiger partial charge in [0, 0.05) is 55.1 Å². The highest BCUT2D eigenvalue weighted by Gasteiger charge is 2.19. The third kappa shape index (κ3) is 4.86. The molecule has 0 aliphatic rings. The van der Waals surface area contributed by atoms with E-state index in [-0.39, 0.29) is 23.0 Å². The molecule has 0 spiro atoms. The predicted molar refractivity (Wildman–Crippen MR) is 138 cm³/mol. The quantitative estimate of drug-likeness (QED) is 0.329. The number of carbonyl (C=O) groups excluding carboxylic acids is 1. The van der Waals surface area contributed by atoms with E-state index in [0.717, 1.165) is 6.08 Å². The molecule has 0 bridgehead atoms. The van der Waals surface area contributed by atoms with E-state index in [2.05, 4.69) is 32.2 Å². The Morgan fingerprint density at radius 2 is 1.97 bits per heavy atom. The van der Waals surface area contributed by atoms with Gasteiger partial charge in [-0.3, -0.25) is 14.2 Å². The summed E-state index contributed by atoms with van der Waals surface area (Å²) in [6.45, 7) is 4.06. The zero-order valence-corrected chi connectivity index (χ0v) is 20.7. The second-order valence-electron chi connectivity index (χ2n) is 7.62. The lowest BCUT2D eigenvalue weighted by Crippen LogP contribution is -2.25. The normalized spacial score (nSPS) is 10.8. The number of methoxy groups -OCH3 is 2. The largest absolute Gasteiger partial charge is 0.497 e. The van der Waals surface area contributed by atoms with Gasteiger partial charge in [-0.25, -0.2) is 9.97 Å². The van der Waals surface area contributed by atoms with Crippen LogP contribution in [0.15, 0.2) is 54.4 Å². The van der Waals surface area contributed by atoms with Gasteiger partial charge in [-0.15, -0.1) is 0 Å². The van der Waals surface area contributed by atoms with E-state index in [1.807, 2.05) is 0 Å². The van der Waals surface area contributed by atoms with Crippen LogP contribution in [0.1, 0.15) is 0 Å². The van der Waals surface area contributed by atoms with Crippen LogP contribution in [0.3, 0.4) is 0 Å². The lowest BCUT2D eigenvalue weighted by atomic mass is 10.0. The molecule has 0 aliphatic heterocycles. The average molecular weight is 510 g/mol. The van der Waals surface area contributed by atoms with Crippen LogP contribution in [0.5, 0.6) is 11.5 Å². The van der Waals surface area contributed by atoms with Crippen molar-refractivity contribution in [1.29, 1.82) is 0 Å². The van der Waals surface area contributed by atoms with Gasteiger partial charge >= 0.3 is 0 Å². The van der Waals surface area contributed by atoms with E-state index in [1.165, 1.54) is 14.2 Å². The van der Waals surface area contributed by atoms with E-state index in [1.54, 1.807) is 53.1 Å². The van der Waals surface area contributed by atoms with Crippen LogP contribution in [0.4, 0.5) is 11.8 Å². The molecule has 1 aromatic carbocycles. The number of hydrogen-bond acceptors (Lipinski definition) is 8. The van der Waals surface area contributed by atoms with Crippen molar-refractivity contribution < 1.29 is 14.3 Å². The number of rotatable bonds is 9. The van der Waals surface area contributed by atoms with Gasteiger partial charge in [0.1, 0.15) is 17.1 Å². The number of halogens is 1. The Morgan fingerprint density at radius 3 is 2.67 bits per heavy atom. The summed E-state index contributed by atoms with van der Waals surface area (Å²) in [4.78, 5) is 38.3. The second kappa shape index (κ2) is 10.5. The molecular weight excluding hydrogens is 486 g/mol. The van der Waals surface area contributed by atoms with Gasteiger partial charge in [-0.2, -0.15) is 4.98 Å². The molecule has 0 saturated carbocycles. The molecule has 186 valence electrons. The minimum absolute atomic E-state index is 0.257. The topological polar surface area (TPSA) is 125 Å². The Kier molecular flexibility index (Phi) is 7.20. The van der Waals surface area contributed by atoms with Crippen LogP contribution in [-0.2, 0) is 17.9 Å². The van der Waals surface area contributed by atoms with Crippen LogP contribution >= 0.6 is 11.6 Å². The smallest absolute Gasteiger partial charge is 0.260 e. The first-order valence-corrected chi connectivity index (χ1v) is 11.2. The van der Waals surface area contributed by atoms with Crippen molar-refractivity contribution in [3.05, 3.63) is 65.0 Å². The Hall–Kier alpha value is -4.38. The van der Waals surface area contributed by atoms with E-state index in [9.17, 15) is 9.59 Å². The Balaban J connectivity index is 1.82. The minimum Gasteiger partial charge on any atom is -0.497 e. The lowest BCUT2D eigenvalue weighted by molar-refractivity contribution is -0.111. The summed E-state index contributed by atoms with van der Waals surface area (Å²) < 4.78 is 14.1. The lowest BCUT2D eigenvalue weighted by Gasteiger charge is -2.15. The summed E-state index contributed by atoms with van der Waals surface area (Å²) >= 11 is 6.60. The fourth-order valence-corrected chi connectivity index (χ4v) is 3.94. The fourth-order valence-electron chi connectivity index (χ4n) is 3.65. The maximum atomic E-state index is 13.8. The number of carbonyl (C=O) groups is 1. The molecule has 36 heavy (non-hydrogen) atoms. The van der Waals surface area contributed by atoms with Crippen molar-refractivity contribution in [3.63, 3.8) is 0 Å². The van der Waals surface area contributed by atoms with Gasteiger partial charge in [0.15, 0.2) is 5.82 Å². The molecular formula is C24H24ClN7O4. The molecule has 0 aliphatic carbocycles. The number of hydrogen-bond donors (Lipinski definition) is 2. The molecule has 1 amide bonds. The molecule has 3 heterocycles. The van der Waals surface area contributed by atoms with Crippen molar-refractivity contribution in [2.75, 3.05) is 31.9 Å². The van der Waals surface area contributed by atoms with Crippen LogP contribution in [0.25, 0.3) is 22.2 Å². The van der Waals surface area contributed by atoms with E-state index < -0.39 is 0 Å². The molecule has 3 aromatic heterocycles. The zero-order valence-electron chi connectivity index (χ0n) is 19.9. The van der Waals surface area contributed by atoms with Gasteiger partial charge in [-0.1, -0.05) is 18.2 Å². The van der Waals surface area contributed by atoms with Gasteiger partial charge in [0.25, 0.3) is 5.56 Å². The SMILES string of the molecule is C=CC(=O)Nc1cn(CCn2c(=O)c(-c3cc(OC)cc(OC)c3Cl)cc3cnc(NC)nc32)cn1. The molecule has 11 nitrogen and oxygen atoms in total. The number of pyridine rings is 1. The van der Waals surface area contributed by atoms with E-state index >= 15 is 0 Å². The molecule has 0 unspecified atom stereocenters. The number of aryl methyl sites for hydroxylation is 2. The summed E-state index contributed by atoms with van der Waals surface area (Å²) in [7, 11) is 4.72. The predicted octanol–water partition coefficient (Wildman–Crippen LogP) is 3.19. The fraction of sp³-hybridized carbons (Fsp3) is 0.208. The molecule has 4 rings (SSSR count). The molecule has 0 saturated heterocycles. The second-order valence-corrected chi connectivity index (χ2v) is 8.00. The molecule has 2 N–H and O–H groups in total. The van der Waals surface area contributed by atoms with Crippen LogP contribution in [0, 0.1) is 0 Å². The van der Waals surface area contributed by atoms with Crippen molar-refractivity contribution in [1.82, 2.24) is 24.1 Å². The van der Waals surface area contributed by atoms with Gasteiger partial charge in [-0.05, 0) is 18.2 Å². The number of ether oxygens (including phenoxy) is 2. The molecule has 0 atom stereocenters. The first kappa shape index (κ1) is 24.7. The third-order valence-electron chi connectivity index (χ3n) is 5.46. The summed E-state index contributed by atoms with van der Waals surface area (Å²) in [5, 5.41) is 6.42. The summed E-state index contributed by atoms with van der Waals surface area (Å²) in [6, 6.07) is 5.04. The average Bonchev–Trinajstić information content (AvgIpc) is 3.34. The third-order valence-corrected chi connectivity index (χ3v) is 5.85. The Bertz CT molecular complexity index is 1510. The number of amides is 1. The van der Waals surface area contributed by atoms with Crippen molar-refractivity contribution in [2.24, 2.45) is 0 Å². The zero-order chi connectivity index (χ0) is 25.8. The number of benzene rings is 1. The van der Waals surface area contributed by atoms with Gasteiger partial charge in [0.2, 0.25) is 11.9 Å². The number of imidazole rings is 1. The van der Waals surface area contributed by atoms with Crippen molar-refractivity contribution >= 4 is 40.3 Å². The number of fused-ring (bicyclic) bond motifs is 1. The van der Waals surface area contributed by atoms with Crippen LogP contribution in [-0.4, -0.2) is 51.3 Å². The number of aromatic nitrogens is 5. The summed E-state index contributed by atoms with van der Waals surface area (Å²) in [5.41, 5.74) is 0.952. The number of nitrogens with one attached hydrogen (secondary N) is 2. The van der Waals surface area contributed by atoms with E-state index in [4.69, 9.17) is 21.1 Å². The molecule has 0 fully saturated rings. The number of nitrogens with zero attached hydrogens (tertiary/aromatic N) is 5. The highest BCUT2D eigenvalue weighted by molar-refractivity contribution is 6.35. The number of anilines is 2. The Labute approximate surface area is 211 Å². The molecule has 0 radical (unpaired) electrons. The summed E-state index contributed by atoms with van der Waals surface area (Å²) in [5.74, 6) is 1.26. The maximum Gasteiger partial charge on any atom is 0.260 e. The maximum absolute atomic E-state index is 13.8. The van der Waals surface area contributed by atoms with Gasteiger partial charge in [0.05, 0.1) is 25.6 Å². The Morgan fingerprint density at radius 1 is 1.17 bits per heavy atom. The van der Waals surface area contributed by atoms with Gasteiger partial charge < -0.3 is 24.7 Å². The first-order valence-electron chi connectivity index (χ1n) is 10.8. The summed E-state index contributed by atoms with van der Waals surface area (Å²) in [6.07, 6.45) is 6.02. The minimum atomic E-state index is -0.364. The standard InChI is InChI=1S/C24H24ClN7O4/c1-5-20(33)29-19-12-31(13-28-19)6-7-32-22-14(11-27-24(26-2)30-22)8-17(23(32)34)16-9-15(35-3)10-18(36-4)21(16)25/h5,8-13H,1,6-7H2,2-4H3,(H,29,33)(H,26,27,30). The van der Waals surface area contributed by atoms with Crippen LogP contribution in [0.2, 0.25) is 5.02 Å². The van der Waals surface area contributed by atoms with Crippen molar-refractivity contribution in [2.45, 2.75) is 13.1 Å². The van der Waals surface area contributed by atoms with Crippen LogP contribution < -0.4 is 25.7 Å². The van der Waals surface area contributed by atoms with E-state index in [0.29, 0.717) is 52.0 Å². The molecule has 12 heteroatoms. The molecule has 4 aromatic rings. The highest BCUT2D eigenvalue weighted by Crippen LogP contribution is 2.38.